The van der Waals surface area contributed by atoms with E-state index in [0.29, 0.717) is 0 Å². The number of rotatable bonds is 3. The highest BCUT2D eigenvalue weighted by atomic mass is 35.5. The number of aryl methyl sites for hydroxylation is 1. The number of imidazole rings is 1. The molecular formula is C17H17ClN2O. The van der Waals surface area contributed by atoms with E-state index in [0.717, 1.165) is 28.3 Å². The summed E-state index contributed by atoms with van der Waals surface area (Å²) in [5, 5.41) is -0.178. The van der Waals surface area contributed by atoms with Gasteiger partial charge < -0.3 is 4.74 Å². The zero-order valence-electron chi connectivity index (χ0n) is 12.3. The molecule has 0 aliphatic carbocycles. The van der Waals surface area contributed by atoms with E-state index in [1.54, 1.807) is 7.11 Å². The van der Waals surface area contributed by atoms with Crippen LogP contribution in [-0.2, 0) is 0 Å². The molecule has 108 valence electrons. The number of hydrogen-bond acceptors (Lipinski definition) is 2. The van der Waals surface area contributed by atoms with Gasteiger partial charge in [0.15, 0.2) is 0 Å². The van der Waals surface area contributed by atoms with E-state index in [1.807, 2.05) is 37.3 Å². The SMILES string of the molecule is COc1ccc2c(c1)nc(C(C)Cl)n2-c1ccccc1C. The van der Waals surface area contributed by atoms with Crippen molar-refractivity contribution in [3.63, 3.8) is 0 Å². The number of hydrogen-bond donors (Lipinski definition) is 0. The fourth-order valence-electron chi connectivity index (χ4n) is 2.54. The van der Waals surface area contributed by atoms with Crippen molar-refractivity contribution in [2.75, 3.05) is 7.11 Å². The Bertz CT molecular complexity index is 793. The fraction of sp³-hybridized carbons (Fsp3) is 0.235. The molecule has 0 saturated carbocycles. The quantitative estimate of drug-likeness (QED) is 0.659. The van der Waals surface area contributed by atoms with Gasteiger partial charge in [0.1, 0.15) is 11.6 Å². The van der Waals surface area contributed by atoms with Crippen LogP contribution >= 0.6 is 11.6 Å². The molecule has 2 aromatic carbocycles. The summed E-state index contributed by atoms with van der Waals surface area (Å²) in [6.45, 7) is 4.03. The Morgan fingerprint density at radius 3 is 2.62 bits per heavy atom. The van der Waals surface area contributed by atoms with Gasteiger partial charge in [-0.25, -0.2) is 4.98 Å². The van der Waals surface area contributed by atoms with Crippen molar-refractivity contribution in [2.24, 2.45) is 0 Å². The first kappa shape index (κ1) is 14.0. The molecule has 0 bridgehead atoms. The summed E-state index contributed by atoms with van der Waals surface area (Å²) in [4.78, 5) is 4.69. The number of alkyl halides is 1. The molecule has 0 N–H and O–H groups in total. The van der Waals surface area contributed by atoms with Gasteiger partial charge in [-0.05, 0) is 37.6 Å². The minimum absolute atomic E-state index is 0.178. The molecule has 1 heterocycles. The van der Waals surface area contributed by atoms with Gasteiger partial charge in [-0.1, -0.05) is 18.2 Å². The van der Waals surface area contributed by atoms with Gasteiger partial charge in [-0.15, -0.1) is 11.6 Å². The van der Waals surface area contributed by atoms with E-state index in [-0.39, 0.29) is 5.38 Å². The first-order valence-electron chi connectivity index (χ1n) is 6.88. The minimum atomic E-state index is -0.178. The lowest BCUT2D eigenvalue weighted by Crippen LogP contribution is -2.03. The number of fused-ring (bicyclic) bond motifs is 1. The van der Waals surface area contributed by atoms with Crippen LogP contribution in [0.4, 0.5) is 0 Å². The predicted octanol–water partition coefficient (Wildman–Crippen LogP) is 4.64. The van der Waals surface area contributed by atoms with Crippen molar-refractivity contribution >= 4 is 22.6 Å². The predicted molar refractivity (Wildman–Crippen MR) is 86.6 cm³/mol. The maximum Gasteiger partial charge on any atom is 0.132 e. The van der Waals surface area contributed by atoms with Crippen molar-refractivity contribution in [3.8, 4) is 11.4 Å². The Morgan fingerprint density at radius 2 is 1.95 bits per heavy atom. The Hall–Kier alpha value is -2.00. The average molecular weight is 301 g/mol. The van der Waals surface area contributed by atoms with Crippen molar-refractivity contribution in [1.29, 1.82) is 0 Å². The number of ether oxygens (including phenoxy) is 1. The first-order chi connectivity index (χ1) is 10.1. The lowest BCUT2D eigenvalue weighted by atomic mass is 10.2. The van der Waals surface area contributed by atoms with Gasteiger partial charge in [0.2, 0.25) is 0 Å². The number of aromatic nitrogens is 2. The lowest BCUT2D eigenvalue weighted by Gasteiger charge is -2.13. The van der Waals surface area contributed by atoms with E-state index in [1.165, 1.54) is 5.56 Å². The third-order valence-corrected chi connectivity index (χ3v) is 3.79. The largest absolute Gasteiger partial charge is 0.497 e. The summed E-state index contributed by atoms with van der Waals surface area (Å²) in [5.41, 5.74) is 4.21. The molecule has 0 aliphatic rings. The van der Waals surface area contributed by atoms with Crippen LogP contribution in [0.1, 0.15) is 23.7 Å². The van der Waals surface area contributed by atoms with E-state index < -0.39 is 0 Å². The van der Waals surface area contributed by atoms with Gasteiger partial charge in [-0.3, -0.25) is 4.57 Å². The van der Waals surface area contributed by atoms with Crippen LogP contribution in [0.5, 0.6) is 5.75 Å². The zero-order valence-corrected chi connectivity index (χ0v) is 13.1. The third-order valence-electron chi connectivity index (χ3n) is 3.60. The molecule has 0 amide bonds. The summed E-state index contributed by atoms with van der Waals surface area (Å²) in [7, 11) is 1.66. The second kappa shape index (κ2) is 5.41. The molecule has 3 nitrogen and oxygen atoms in total. The summed E-state index contributed by atoms with van der Waals surface area (Å²) < 4.78 is 7.41. The number of methoxy groups -OCH3 is 1. The monoisotopic (exact) mass is 300 g/mol. The second-order valence-corrected chi connectivity index (χ2v) is 5.72. The normalized spacial score (nSPS) is 12.6. The van der Waals surface area contributed by atoms with E-state index in [2.05, 4.69) is 28.6 Å². The molecule has 3 rings (SSSR count). The summed E-state index contributed by atoms with van der Waals surface area (Å²) in [6.07, 6.45) is 0. The molecule has 0 aliphatic heterocycles. The van der Waals surface area contributed by atoms with Crippen LogP contribution in [0, 0.1) is 6.92 Å². The topological polar surface area (TPSA) is 27.1 Å². The van der Waals surface area contributed by atoms with Gasteiger partial charge >= 0.3 is 0 Å². The molecule has 0 radical (unpaired) electrons. The lowest BCUT2D eigenvalue weighted by molar-refractivity contribution is 0.415. The van der Waals surface area contributed by atoms with E-state index >= 15 is 0 Å². The van der Waals surface area contributed by atoms with Gasteiger partial charge in [0.05, 0.1) is 29.2 Å². The Kier molecular flexibility index (Phi) is 3.60. The number of halogens is 1. The number of benzene rings is 2. The van der Waals surface area contributed by atoms with Gasteiger partial charge in [-0.2, -0.15) is 0 Å². The smallest absolute Gasteiger partial charge is 0.132 e. The molecule has 1 atom stereocenters. The highest BCUT2D eigenvalue weighted by Gasteiger charge is 2.17. The van der Waals surface area contributed by atoms with Crippen LogP contribution < -0.4 is 4.74 Å². The Balaban J connectivity index is 2.34. The maximum atomic E-state index is 6.34. The fourth-order valence-corrected chi connectivity index (χ4v) is 2.69. The summed E-state index contributed by atoms with van der Waals surface area (Å²) in [5.74, 6) is 1.64. The molecule has 1 aromatic heterocycles. The Labute approximate surface area is 129 Å². The van der Waals surface area contributed by atoms with Crippen molar-refractivity contribution in [3.05, 3.63) is 53.9 Å². The average Bonchev–Trinajstić information content (AvgIpc) is 2.86. The van der Waals surface area contributed by atoms with Crippen LogP contribution in [0.25, 0.3) is 16.7 Å². The highest BCUT2D eigenvalue weighted by Crippen LogP contribution is 2.31. The molecule has 0 spiro atoms. The van der Waals surface area contributed by atoms with Crippen molar-refractivity contribution in [2.45, 2.75) is 19.2 Å². The van der Waals surface area contributed by atoms with Gasteiger partial charge in [0, 0.05) is 6.07 Å². The molecule has 0 saturated heterocycles. The van der Waals surface area contributed by atoms with Crippen LogP contribution in [0.2, 0.25) is 0 Å². The molecule has 1 unspecified atom stereocenters. The third kappa shape index (κ3) is 2.38. The summed E-state index contributed by atoms with van der Waals surface area (Å²) in [6, 6.07) is 14.1. The van der Waals surface area contributed by atoms with E-state index in [4.69, 9.17) is 16.3 Å². The Morgan fingerprint density at radius 1 is 1.19 bits per heavy atom. The number of nitrogens with zero attached hydrogens (tertiary/aromatic N) is 2. The number of para-hydroxylation sites is 1. The molecule has 0 fully saturated rings. The van der Waals surface area contributed by atoms with Crippen LogP contribution in [-0.4, -0.2) is 16.7 Å². The standard InChI is InChI=1S/C17H17ClN2O/c1-11-6-4-5-7-15(11)20-16-9-8-13(21-3)10-14(16)19-17(20)12(2)18/h4-10,12H,1-3H3. The highest BCUT2D eigenvalue weighted by molar-refractivity contribution is 6.20. The maximum absolute atomic E-state index is 6.34. The van der Waals surface area contributed by atoms with E-state index in [9.17, 15) is 0 Å². The molecule has 21 heavy (non-hydrogen) atoms. The van der Waals surface area contributed by atoms with Crippen molar-refractivity contribution in [1.82, 2.24) is 9.55 Å². The second-order valence-electron chi connectivity index (χ2n) is 5.06. The van der Waals surface area contributed by atoms with Crippen LogP contribution in [0.15, 0.2) is 42.5 Å². The molecule has 4 heteroatoms. The van der Waals surface area contributed by atoms with Gasteiger partial charge in [0.25, 0.3) is 0 Å². The molecule has 3 aromatic rings. The summed E-state index contributed by atoms with van der Waals surface area (Å²) >= 11 is 6.34. The minimum Gasteiger partial charge on any atom is -0.497 e. The zero-order chi connectivity index (χ0) is 15.0. The van der Waals surface area contributed by atoms with Crippen molar-refractivity contribution < 1.29 is 4.74 Å². The first-order valence-corrected chi connectivity index (χ1v) is 7.32. The molecular weight excluding hydrogens is 284 g/mol. The van der Waals surface area contributed by atoms with Crippen LogP contribution in [0.3, 0.4) is 0 Å².